The normalized spacial score (nSPS) is 17.4. The molecule has 55 heavy (non-hydrogen) atoms. The van der Waals surface area contributed by atoms with Crippen LogP contribution in [0.3, 0.4) is 0 Å². The van der Waals surface area contributed by atoms with Crippen LogP contribution >= 0.6 is 0 Å². The van der Waals surface area contributed by atoms with Gasteiger partial charge in [-0.15, -0.1) is 0 Å². The van der Waals surface area contributed by atoms with Crippen LogP contribution < -0.4 is 20.7 Å². The van der Waals surface area contributed by atoms with E-state index in [1.165, 1.54) is 10.8 Å². The first-order valence-electron chi connectivity index (χ1n) is 18.0. The second kappa shape index (κ2) is 14.8. The van der Waals surface area contributed by atoms with Crippen molar-refractivity contribution in [2.75, 3.05) is 14.2 Å². The summed E-state index contributed by atoms with van der Waals surface area (Å²) in [6, 6.07) is 42.3. The predicted molar refractivity (Wildman–Crippen MR) is 212 cm³/mol. The number of hydrogen-bond donors (Lipinski definition) is 3. The SMILES string of the molecule is COc1ccc(C(c2ccccc2)(c2ccc(OC)cc2)C(O)[C@H]2O[C@@H](n3cc(C#Cc4c5ccccc5cc5ccccc45)c(=O)[nH]c3=O)C[C@@H]2O)cc1. The number of benzene rings is 6. The summed E-state index contributed by atoms with van der Waals surface area (Å²) in [4.78, 5) is 28.9. The van der Waals surface area contributed by atoms with Crippen LogP contribution in [-0.2, 0) is 10.2 Å². The van der Waals surface area contributed by atoms with Gasteiger partial charge in [-0.25, -0.2) is 4.79 Å². The molecule has 9 heteroatoms. The maximum Gasteiger partial charge on any atom is 0.330 e. The smallest absolute Gasteiger partial charge is 0.330 e. The number of methoxy groups -OCH3 is 2. The molecule has 1 aliphatic rings. The lowest BCUT2D eigenvalue weighted by Crippen LogP contribution is -2.51. The fourth-order valence-electron chi connectivity index (χ4n) is 7.87. The molecule has 0 radical (unpaired) electrons. The summed E-state index contributed by atoms with van der Waals surface area (Å²) >= 11 is 0. The van der Waals surface area contributed by atoms with E-state index in [9.17, 15) is 19.8 Å². The Labute approximate surface area is 317 Å². The lowest BCUT2D eigenvalue weighted by molar-refractivity contribution is -0.0976. The molecule has 1 saturated heterocycles. The Morgan fingerprint density at radius 3 is 1.84 bits per heavy atom. The minimum Gasteiger partial charge on any atom is -0.497 e. The summed E-state index contributed by atoms with van der Waals surface area (Å²) in [7, 11) is 3.17. The van der Waals surface area contributed by atoms with Gasteiger partial charge in [0.2, 0.25) is 0 Å². The Bertz CT molecular complexity index is 2570. The molecule has 1 fully saturated rings. The van der Waals surface area contributed by atoms with E-state index >= 15 is 0 Å². The minimum atomic E-state index is -1.38. The molecule has 0 spiro atoms. The molecule has 274 valence electrons. The predicted octanol–water partition coefficient (Wildman–Crippen LogP) is 6.30. The van der Waals surface area contributed by atoms with Gasteiger partial charge in [0.15, 0.2) is 0 Å². The standard InChI is InChI=1S/C46H38N2O7/c1-53-35-21-17-33(18-22-35)46(32-12-4-3-5-13-32,34-19-23-36(54-2)24-20-34)43(50)42-40(49)27-41(55-42)48-28-31(44(51)47-45(48)52)16-25-39-37-14-8-6-10-29(37)26-30-11-7-9-15-38(30)39/h3-15,17-24,26,28,40-43,49-50H,27H2,1-2H3,(H,47,51,52)/t40-,41+,42-,43?/m0/s1. The molecule has 8 rings (SSSR count). The highest BCUT2D eigenvalue weighted by Gasteiger charge is 2.52. The average Bonchev–Trinajstić information content (AvgIpc) is 3.61. The number of aromatic nitrogens is 2. The number of aliphatic hydroxyl groups is 2. The van der Waals surface area contributed by atoms with E-state index in [-0.39, 0.29) is 12.0 Å². The van der Waals surface area contributed by atoms with Gasteiger partial charge < -0.3 is 24.4 Å². The number of fused-ring (bicyclic) bond motifs is 2. The first kappa shape index (κ1) is 35.6. The molecule has 0 amide bonds. The molecule has 1 unspecified atom stereocenters. The van der Waals surface area contributed by atoms with Crippen LogP contribution in [0.25, 0.3) is 21.5 Å². The van der Waals surface area contributed by atoms with E-state index in [4.69, 9.17) is 14.2 Å². The van der Waals surface area contributed by atoms with E-state index in [1.807, 2.05) is 127 Å². The van der Waals surface area contributed by atoms with E-state index in [0.717, 1.165) is 43.8 Å². The zero-order chi connectivity index (χ0) is 38.1. The third-order valence-electron chi connectivity index (χ3n) is 10.6. The van der Waals surface area contributed by atoms with Crippen molar-refractivity contribution in [3.8, 4) is 23.3 Å². The monoisotopic (exact) mass is 730 g/mol. The van der Waals surface area contributed by atoms with Gasteiger partial charge in [-0.2, -0.15) is 0 Å². The molecule has 1 aliphatic heterocycles. The summed E-state index contributed by atoms with van der Waals surface area (Å²) < 4.78 is 18.6. The van der Waals surface area contributed by atoms with E-state index < -0.39 is 41.2 Å². The molecule has 0 aliphatic carbocycles. The van der Waals surface area contributed by atoms with Crippen molar-refractivity contribution in [2.24, 2.45) is 0 Å². The van der Waals surface area contributed by atoms with Crippen LogP contribution in [0.2, 0.25) is 0 Å². The first-order valence-corrected chi connectivity index (χ1v) is 18.0. The topological polar surface area (TPSA) is 123 Å². The van der Waals surface area contributed by atoms with Crippen molar-refractivity contribution >= 4 is 21.5 Å². The van der Waals surface area contributed by atoms with Gasteiger partial charge >= 0.3 is 5.69 Å². The molecule has 9 nitrogen and oxygen atoms in total. The molecule has 4 atom stereocenters. The number of aromatic amines is 1. The Kier molecular flexibility index (Phi) is 9.55. The second-order valence-electron chi connectivity index (χ2n) is 13.6. The quantitative estimate of drug-likeness (QED) is 0.0953. The van der Waals surface area contributed by atoms with Crippen molar-refractivity contribution in [3.63, 3.8) is 0 Å². The van der Waals surface area contributed by atoms with Crippen LogP contribution in [-0.4, -0.2) is 52.3 Å². The van der Waals surface area contributed by atoms with Gasteiger partial charge in [0.1, 0.15) is 35.5 Å². The Morgan fingerprint density at radius 1 is 0.745 bits per heavy atom. The zero-order valence-electron chi connectivity index (χ0n) is 30.2. The highest BCUT2D eigenvalue weighted by molar-refractivity contribution is 6.04. The summed E-state index contributed by atoms with van der Waals surface area (Å²) in [6.07, 6.45) is -3.46. The van der Waals surface area contributed by atoms with E-state index in [2.05, 4.69) is 22.9 Å². The molecule has 6 aromatic carbocycles. The molecule has 3 N–H and O–H groups in total. The Hall–Kier alpha value is -6.44. The summed E-state index contributed by atoms with van der Waals surface area (Å²) in [5, 5.41) is 28.3. The van der Waals surface area contributed by atoms with Crippen LogP contribution in [0, 0.1) is 11.8 Å². The fraction of sp³-hybridized carbons (Fsp3) is 0.174. The molecular formula is C46H38N2O7. The molecule has 2 heterocycles. The van der Waals surface area contributed by atoms with Gasteiger partial charge in [-0.3, -0.25) is 14.3 Å². The summed E-state index contributed by atoms with van der Waals surface area (Å²) in [5.74, 6) is 7.51. The highest BCUT2D eigenvalue weighted by Crippen LogP contribution is 2.47. The highest BCUT2D eigenvalue weighted by atomic mass is 16.5. The number of H-pyrrole nitrogens is 1. The largest absolute Gasteiger partial charge is 0.497 e. The molecular weight excluding hydrogens is 693 g/mol. The summed E-state index contributed by atoms with van der Waals surface area (Å²) in [6.45, 7) is 0. The average molecular weight is 731 g/mol. The maximum absolute atomic E-state index is 13.4. The minimum absolute atomic E-state index is 0.0371. The second-order valence-corrected chi connectivity index (χ2v) is 13.6. The van der Waals surface area contributed by atoms with Crippen molar-refractivity contribution in [1.82, 2.24) is 9.55 Å². The van der Waals surface area contributed by atoms with Crippen LogP contribution in [0.1, 0.15) is 40.5 Å². The molecule has 0 bridgehead atoms. The Balaban J connectivity index is 1.20. The number of nitrogens with zero attached hydrogens (tertiary/aromatic N) is 1. The molecule has 7 aromatic rings. The third kappa shape index (κ3) is 6.36. The number of nitrogens with one attached hydrogen (secondary N) is 1. The first-order chi connectivity index (χ1) is 26.8. The Morgan fingerprint density at radius 2 is 1.27 bits per heavy atom. The molecule has 0 saturated carbocycles. The fourth-order valence-corrected chi connectivity index (χ4v) is 7.87. The van der Waals surface area contributed by atoms with Crippen molar-refractivity contribution in [1.29, 1.82) is 0 Å². The lowest BCUT2D eigenvalue weighted by atomic mass is 9.64. The van der Waals surface area contributed by atoms with Gasteiger partial charge in [0.25, 0.3) is 5.56 Å². The van der Waals surface area contributed by atoms with Crippen molar-refractivity contribution in [3.05, 3.63) is 188 Å². The van der Waals surface area contributed by atoms with Gasteiger partial charge in [-0.1, -0.05) is 115 Å². The zero-order valence-corrected chi connectivity index (χ0v) is 30.2. The third-order valence-corrected chi connectivity index (χ3v) is 10.6. The summed E-state index contributed by atoms with van der Waals surface area (Å²) in [5.41, 5.74) is 0.358. The number of ether oxygens (including phenoxy) is 3. The van der Waals surface area contributed by atoms with E-state index in [1.54, 1.807) is 14.2 Å². The van der Waals surface area contributed by atoms with Crippen LogP contribution in [0.15, 0.2) is 149 Å². The van der Waals surface area contributed by atoms with Crippen molar-refractivity contribution < 1.29 is 24.4 Å². The van der Waals surface area contributed by atoms with Gasteiger partial charge in [0, 0.05) is 18.2 Å². The lowest BCUT2D eigenvalue weighted by Gasteiger charge is -2.43. The maximum atomic E-state index is 13.4. The van der Waals surface area contributed by atoms with Gasteiger partial charge in [-0.05, 0) is 68.6 Å². The van der Waals surface area contributed by atoms with Gasteiger partial charge in [0.05, 0.1) is 25.7 Å². The number of rotatable bonds is 8. The van der Waals surface area contributed by atoms with E-state index in [0.29, 0.717) is 11.5 Å². The van der Waals surface area contributed by atoms with Crippen LogP contribution in [0.4, 0.5) is 0 Å². The molecule has 1 aromatic heterocycles. The van der Waals surface area contributed by atoms with Crippen molar-refractivity contribution in [2.45, 2.75) is 36.4 Å². The number of hydrogen-bond acceptors (Lipinski definition) is 7. The van der Waals surface area contributed by atoms with Crippen LogP contribution in [0.5, 0.6) is 11.5 Å². The number of aliphatic hydroxyl groups excluding tert-OH is 2.